The number of likely N-dealkylation sites (N-methyl/N-ethyl adjacent to an activating group) is 1. The molecule has 0 unspecified atom stereocenters. The van der Waals surface area contributed by atoms with Crippen LogP contribution in [-0.4, -0.2) is 77.6 Å². The van der Waals surface area contributed by atoms with Crippen LogP contribution in [0.3, 0.4) is 0 Å². The van der Waals surface area contributed by atoms with E-state index in [1.165, 1.54) is 6.20 Å². The fourth-order valence-corrected chi connectivity index (χ4v) is 3.03. The summed E-state index contributed by atoms with van der Waals surface area (Å²) in [5.41, 5.74) is 1.10. The Hall–Kier alpha value is -2.12. The lowest BCUT2D eigenvalue weighted by Gasteiger charge is -2.37. The fraction of sp³-hybridized carbons (Fsp3) is 0.556. The van der Waals surface area contributed by atoms with Crippen molar-refractivity contribution in [1.29, 1.82) is 0 Å². The normalized spacial score (nSPS) is 19.2. The molecule has 0 amide bonds. The zero-order valence-corrected chi connectivity index (χ0v) is 15.1. The molecular weight excluding hydrogens is 320 g/mol. The largest absolute Gasteiger partial charge is 0.492 e. The van der Waals surface area contributed by atoms with E-state index in [1.54, 1.807) is 17.5 Å². The predicted molar refractivity (Wildman–Crippen MR) is 95.2 cm³/mol. The van der Waals surface area contributed by atoms with E-state index in [0.29, 0.717) is 30.6 Å². The lowest BCUT2D eigenvalue weighted by molar-refractivity contribution is 0.0518. The van der Waals surface area contributed by atoms with Crippen molar-refractivity contribution in [3.63, 3.8) is 0 Å². The van der Waals surface area contributed by atoms with Crippen molar-refractivity contribution in [1.82, 2.24) is 19.2 Å². The summed E-state index contributed by atoms with van der Waals surface area (Å²) in [6.07, 6.45) is 3.32. The summed E-state index contributed by atoms with van der Waals surface area (Å²) in [4.78, 5) is 21.0. The van der Waals surface area contributed by atoms with Crippen LogP contribution >= 0.6 is 0 Å². The SMILES string of the molecule is CCOC(=O)c1cnc2cc(OCCN3CCN(C)[C@@H](C)C3)ccn12. The Labute approximate surface area is 148 Å². The molecule has 0 bridgehead atoms. The average Bonchev–Trinajstić information content (AvgIpc) is 3.01. The van der Waals surface area contributed by atoms with Crippen LogP contribution in [0.25, 0.3) is 5.65 Å². The molecule has 0 radical (unpaired) electrons. The van der Waals surface area contributed by atoms with Crippen LogP contribution < -0.4 is 4.74 Å². The summed E-state index contributed by atoms with van der Waals surface area (Å²) < 4.78 is 12.6. The molecule has 2 aromatic heterocycles. The van der Waals surface area contributed by atoms with Crippen molar-refractivity contribution < 1.29 is 14.3 Å². The Morgan fingerprint density at radius 2 is 2.24 bits per heavy atom. The summed E-state index contributed by atoms with van der Waals surface area (Å²) >= 11 is 0. The number of ether oxygens (including phenoxy) is 2. The van der Waals surface area contributed by atoms with E-state index >= 15 is 0 Å². The Kier molecular flexibility index (Phi) is 5.55. The van der Waals surface area contributed by atoms with E-state index in [1.807, 2.05) is 12.1 Å². The van der Waals surface area contributed by atoms with E-state index in [0.717, 1.165) is 31.9 Å². The second-order valence-electron chi connectivity index (χ2n) is 6.43. The van der Waals surface area contributed by atoms with Crippen LogP contribution in [0.4, 0.5) is 0 Å². The van der Waals surface area contributed by atoms with Gasteiger partial charge in [-0.05, 0) is 27.0 Å². The van der Waals surface area contributed by atoms with E-state index < -0.39 is 0 Å². The van der Waals surface area contributed by atoms with E-state index in [-0.39, 0.29) is 5.97 Å². The smallest absolute Gasteiger partial charge is 0.356 e. The summed E-state index contributed by atoms with van der Waals surface area (Å²) in [5, 5.41) is 0. The summed E-state index contributed by atoms with van der Waals surface area (Å²) in [5.74, 6) is 0.392. The maximum Gasteiger partial charge on any atom is 0.356 e. The first-order chi connectivity index (χ1) is 12.1. The lowest BCUT2D eigenvalue weighted by atomic mass is 10.2. The van der Waals surface area contributed by atoms with E-state index in [4.69, 9.17) is 9.47 Å². The molecule has 7 nitrogen and oxygen atoms in total. The van der Waals surface area contributed by atoms with Gasteiger partial charge >= 0.3 is 5.97 Å². The Morgan fingerprint density at radius 3 is 3.00 bits per heavy atom. The van der Waals surface area contributed by atoms with Gasteiger partial charge in [0.1, 0.15) is 18.0 Å². The molecule has 1 fully saturated rings. The van der Waals surface area contributed by atoms with Gasteiger partial charge in [-0.15, -0.1) is 0 Å². The third-order valence-electron chi connectivity index (χ3n) is 4.69. The molecule has 0 spiro atoms. The molecule has 0 N–H and O–H groups in total. The lowest BCUT2D eigenvalue weighted by Crippen LogP contribution is -2.50. The van der Waals surface area contributed by atoms with Gasteiger partial charge in [-0.3, -0.25) is 9.30 Å². The number of fused-ring (bicyclic) bond motifs is 1. The quantitative estimate of drug-likeness (QED) is 0.739. The van der Waals surface area contributed by atoms with Gasteiger partial charge in [0.25, 0.3) is 0 Å². The first-order valence-electron chi connectivity index (χ1n) is 8.78. The fourth-order valence-electron chi connectivity index (χ4n) is 3.03. The molecule has 3 heterocycles. The van der Waals surface area contributed by atoms with Crippen LogP contribution in [-0.2, 0) is 4.74 Å². The molecule has 0 saturated carbocycles. The molecule has 7 heteroatoms. The minimum absolute atomic E-state index is 0.345. The number of esters is 1. The Bertz CT molecular complexity index is 730. The summed E-state index contributed by atoms with van der Waals surface area (Å²) in [6, 6.07) is 4.27. The number of imidazole rings is 1. The third kappa shape index (κ3) is 4.11. The molecule has 1 aliphatic heterocycles. The van der Waals surface area contributed by atoms with Gasteiger partial charge in [0.05, 0.1) is 12.8 Å². The highest BCUT2D eigenvalue weighted by Gasteiger charge is 2.20. The molecule has 0 aliphatic carbocycles. The molecule has 3 rings (SSSR count). The average molecular weight is 346 g/mol. The van der Waals surface area contributed by atoms with Gasteiger partial charge < -0.3 is 14.4 Å². The van der Waals surface area contributed by atoms with Crippen LogP contribution in [0.1, 0.15) is 24.3 Å². The number of pyridine rings is 1. The van der Waals surface area contributed by atoms with Gasteiger partial charge in [-0.25, -0.2) is 9.78 Å². The Morgan fingerprint density at radius 1 is 1.40 bits per heavy atom. The number of carbonyl (C=O) groups excluding carboxylic acids is 1. The maximum atomic E-state index is 11.9. The highest BCUT2D eigenvalue weighted by Crippen LogP contribution is 2.16. The van der Waals surface area contributed by atoms with Crippen molar-refractivity contribution in [3.05, 3.63) is 30.2 Å². The van der Waals surface area contributed by atoms with Gasteiger partial charge in [0, 0.05) is 44.5 Å². The van der Waals surface area contributed by atoms with Gasteiger partial charge in [0.2, 0.25) is 0 Å². The first-order valence-corrected chi connectivity index (χ1v) is 8.78. The number of hydrogen-bond donors (Lipinski definition) is 0. The zero-order chi connectivity index (χ0) is 17.8. The number of nitrogens with zero attached hydrogens (tertiary/aromatic N) is 4. The van der Waals surface area contributed by atoms with Crippen molar-refractivity contribution >= 4 is 11.6 Å². The number of hydrogen-bond acceptors (Lipinski definition) is 6. The number of piperazine rings is 1. The molecule has 0 aromatic carbocycles. The molecule has 1 atom stereocenters. The molecule has 136 valence electrons. The Balaban J connectivity index is 1.57. The van der Waals surface area contributed by atoms with Crippen molar-refractivity contribution in [2.75, 3.05) is 46.4 Å². The maximum absolute atomic E-state index is 11.9. The van der Waals surface area contributed by atoms with E-state index in [2.05, 4.69) is 28.8 Å². The second kappa shape index (κ2) is 7.84. The van der Waals surface area contributed by atoms with Gasteiger partial charge in [0.15, 0.2) is 5.69 Å². The standard InChI is InChI=1S/C18H26N4O3/c1-4-24-18(23)16-12-19-17-11-15(5-6-22(16)17)25-10-9-21-8-7-20(3)14(2)13-21/h5-6,11-12,14H,4,7-10,13H2,1-3H3/t14-/m0/s1. The zero-order valence-electron chi connectivity index (χ0n) is 15.1. The second-order valence-corrected chi connectivity index (χ2v) is 6.43. The monoisotopic (exact) mass is 346 g/mol. The van der Waals surface area contributed by atoms with Crippen LogP contribution in [0.15, 0.2) is 24.5 Å². The molecule has 25 heavy (non-hydrogen) atoms. The van der Waals surface area contributed by atoms with Crippen molar-refractivity contribution in [2.24, 2.45) is 0 Å². The van der Waals surface area contributed by atoms with Gasteiger partial charge in [-0.2, -0.15) is 0 Å². The summed E-state index contributed by atoms with van der Waals surface area (Å²) in [7, 11) is 2.17. The molecule has 2 aromatic rings. The minimum Gasteiger partial charge on any atom is -0.492 e. The van der Waals surface area contributed by atoms with Crippen molar-refractivity contribution in [3.8, 4) is 5.75 Å². The van der Waals surface area contributed by atoms with Crippen LogP contribution in [0.5, 0.6) is 5.75 Å². The number of carbonyl (C=O) groups is 1. The van der Waals surface area contributed by atoms with Gasteiger partial charge in [-0.1, -0.05) is 0 Å². The third-order valence-corrected chi connectivity index (χ3v) is 4.69. The van der Waals surface area contributed by atoms with Crippen molar-refractivity contribution in [2.45, 2.75) is 19.9 Å². The first kappa shape index (κ1) is 17.7. The molecule has 1 aliphatic rings. The van der Waals surface area contributed by atoms with E-state index in [9.17, 15) is 4.79 Å². The summed E-state index contributed by atoms with van der Waals surface area (Å²) in [6.45, 7) is 9.17. The molecular formula is C18H26N4O3. The number of rotatable bonds is 6. The van der Waals surface area contributed by atoms with Crippen LogP contribution in [0.2, 0.25) is 0 Å². The number of aromatic nitrogens is 2. The predicted octanol–water partition coefficient (Wildman–Crippen LogP) is 1.53. The molecule has 1 saturated heterocycles. The van der Waals surface area contributed by atoms with Crippen LogP contribution in [0, 0.1) is 0 Å². The highest BCUT2D eigenvalue weighted by atomic mass is 16.5. The topological polar surface area (TPSA) is 59.3 Å². The highest BCUT2D eigenvalue weighted by molar-refractivity contribution is 5.88. The minimum atomic E-state index is -0.368.